The zero-order valence-corrected chi connectivity index (χ0v) is 11.1. The van der Waals surface area contributed by atoms with E-state index >= 15 is 0 Å². The molecule has 1 aromatic carbocycles. The summed E-state index contributed by atoms with van der Waals surface area (Å²) in [5, 5.41) is 12.0. The van der Waals surface area contributed by atoms with E-state index in [4.69, 9.17) is 5.73 Å². The molecule has 6 nitrogen and oxygen atoms in total. The molecule has 1 amide bonds. The highest BCUT2D eigenvalue weighted by Gasteiger charge is 2.08. The standard InChI is InChI=1S/C14H18N4O2/c15-6-8-18-9-13(17-10-18)14(20)16-7-5-11-1-3-12(19)4-2-11/h1-4,9-10,19H,5-8,15H2,(H,16,20). The molecule has 6 heteroatoms. The molecule has 0 aliphatic heterocycles. The molecule has 106 valence electrons. The van der Waals surface area contributed by atoms with Crippen LogP contribution in [0, 0.1) is 0 Å². The Morgan fingerprint density at radius 3 is 2.80 bits per heavy atom. The highest BCUT2D eigenvalue weighted by atomic mass is 16.3. The average Bonchev–Trinajstić information content (AvgIpc) is 2.90. The topological polar surface area (TPSA) is 93.2 Å². The summed E-state index contributed by atoms with van der Waals surface area (Å²) >= 11 is 0. The molecule has 0 unspecified atom stereocenters. The minimum atomic E-state index is -0.195. The number of hydrogen-bond donors (Lipinski definition) is 3. The van der Waals surface area contributed by atoms with E-state index in [9.17, 15) is 9.90 Å². The summed E-state index contributed by atoms with van der Waals surface area (Å²) in [6.45, 7) is 1.68. The molecule has 1 aromatic heterocycles. The van der Waals surface area contributed by atoms with Gasteiger partial charge in [0.2, 0.25) is 0 Å². The van der Waals surface area contributed by atoms with E-state index in [2.05, 4.69) is 10.3 Å². The number of carbonyl (C=O) groups is 1. The fourth-order valence-corrected chi connectivity index (χ4v) is 1.82. The van der Waals surface area contributed by atoms with Gasteiger partial charge in [-0.15, -0.1) is 0 Å². The van der Waals surface area contributed by atoms with Gasteiger partial charge in [0.25, 0.3) is 5.91 Å². The molecule has 2 aromatic rings. The number of amides is 1. The number of carbonyl (C=O) groups excluding carboxylic acids is 1. The van der Waals surface area contributed by atoms with Gasteiger partial charge in [-0.25, -0.2) is 4.98 Å². The lowest BCUT2D eigenvalue weighted by atomic mass is 10.1. The summed E-state index contributed by atoms with van der Waals surface area (Å²) in [6, 6.07) is 6.92. The first-order valence-corrected chi connectivity index (χ1v) is 6.47. The van der Waals surface area contributed by atoms with Gasteiger partial charge in [-0.3, -0.25) is 4.79 Å². The molecule has 0 radical (unpaired) electrons. The maximum Gasteiger partial charge on any atom is 0.271 e. The highest BCUT2D eigenvalue weighted by molar-refractivity contribution is 5.91. The van der Waals surface area contributed by atoms with Gasteiger partial charge in [-0.1, -0.05) is 12.1 Å². The summed E-state index contributed by atoms with van der Waals surface area (Å²) in [6.07, 6.45) is 3.99. The second-order valence-corrected chi connectivity index (χ2v) is 4.46. The lowest BCUT2D eigenvalue weighted by molar-refractivity contribution is 0.0949. The van der Waals surface area contributed by atoms with Crippen LogP contribution in [0.1, 0.15) is 16.1 Å². The maximum atomic E-state index is 11.8. The van der Waals surface area contributed by atoms with Gasteiger partial charge in [0, 0.05) is 25.8 Å². The largest absolute Gasteiger partial charge is 0.508 e. The molecule has 0 aliphatic rings. The molecule has 20 heavy (non-hydrogen) atoms. The van der Waals surface area contributed by atoms with Gasteiger partial charge in [-0.05, 0) is 24.1 Å². The van der Waals surface area contributed by atoms with Crippen LogP contribution in [0.4, 0.5) is 0 Å². The van der Waals surface area contributed by atoms with E-state index in [-0.39, 0.29) is 11.7 Å². The molecule has 0 saturated carbocycles. The maximum absolute atomic E-state index is 11.8. The quantitative estimate of drug-likeness (QED) is 0.716. The van der Waals surface area contributed by atoms with Gasteiger partial charge >= 0.3 is 0 Å². The van der Waals surface area contributed by atoms with Crippen molar-refractivity contribution in [3.8, 4) is 5.75 Å². The Morgan fingerprint density at radius 2 is 2.10 bits per heavy atom. The van der Waals surface area contributed by atoms with Crippen molar-refractivity contribution in [1.82, 2.24) is 14.9 Å². The summed E-state index contributed by atoms with van der Waals surface area (Å²) in [7, 11) is 0. The number of benzene rings is 1. The molecule has 0 aliphatic carbocycles. The van der Waals surface area contributed by atoms with Gasteiger partial charge in [0.05, 0.1) is 6.33 Å². The predicted octanol–water partition coefficient (Wildman–Crippen LogP) is 0.520. The van der Waals surface area contributed by atoms with Gasteiger partial charge in [0.1, 0.15) is 11.4 Å². The van der Waals surface area contributed by atoms with E-state index in [1.54, 1.807) is 29.2 Å². The predicted molar refractivity (Wildman–Crippen MR) is 75.4 cm³/mol. The normalized spacial score (nSPS) is 10.4. The second kappa shape index (κ2) is 6.72. The van der Waals surface area contributed by atoms with Crippen molar-refractivity contribution in [3.05, 3.63) is 48.0 Å². The average molecular weight is 274 g/mol. The second-order valence-electron chi connectivity index (χ2n) is 4.46. The van der Waals surface area contributed by atoms with Gasteiger partial charge in [-0.2, -0.15) is 0 Å². The fraction of sp³-hybridized carbons (Fsp3) is 0.286. The van der Waals surface area contributed by atoms with Gasteiger partial charge in [0.15, 0.2) is 0 Å². The van der Waals surface area contributed by atoms with Crippen LogP contribution in [0.5, 0.6) is 5.75 Å². The van der Waals surface area contributed by atoms with Crippen molar-refractivity contribution in [2.24, 2.45) is 5.73 Å². The molecule has 4 N–H and O–H groups in total. The van der Waals surface area contributed by atoms with Crippen LogP contribution in [0.15, 0.2) is 36.8 Å². The molecule has 2 rings (SSSR count). The smallest absolute Gasteiger partial charge is 0.271 e. The Bertz CT molecular complexity index is 563. The Morgan fingerprint density at radius 1 is 1.35 bits per heavy atom. The highest BCUT2D eigenvalue weighted by Crippen LogP contribution is 2.09. The number of aromatic nitrogens is 2. The number of rotatable bonds is 6. The molecule has 0 saturated heterocycles. The molecule has 0 fully saturated rings. The number of imidazole rings is 1. The van der Waals surface area contributed by atoms with Crippen LogP contribution < -0.4 is 11.1 Å². The molecule has 0 spiro atoms. The number of nitrogens with two attached hydrogens (primary N) is 1. The summed E-state index contributed by atoms with van der Waals surface area (Å²) < 4.78 is 1.79. The Hall–Kier alpha value is -2.34. The molecule has 1 heterocycles. The first-order valence-electron chi connectivity index (χ1n) is 6.47. The van der Waals surface area contributed by atoms with E-state index in [0.29, 0.717) is 31.7 Å². The fourth-order valence-electron chi connectivity index (χ4n) is 1.82. The Kier molecular flexibility index (Phi) is 4.73. The number of nitrogens with one attached hydrogen (secondary N) is 1. The van der Waals surface area contributed by atoms with E-state index in [1.165, 1.54) is 0 Å². The number of aromatic hydroxyl groups is 1. The summed E-state index contributed by atoms with van der Waals surface area (Å²) in [5.74, 6) is 0.0442. The van der Waals surface area contributed by atoms with Crippen LogP contribution in [0.3, 0.4) is 0 Å². The third-order valence-electron chi connectivity index (χ3n) is 2.89. The van der Waals surface area contributed by atoms with Crippen LogP contribution in [0.2, 0.25) is 0 Å². The van der Waals surface area contributed by atoms with Crippen LogP contribution in [-0.2, 0) is 13.0 Å². The van der Waals surface area contributed by atoms with Crippen molar-refractivity contribution < 1.29 is 9.90 Å². The van der Waals surface area contributed by atoms with Crippen LogP contribution >= 0.6 is 0 Å². The van der Waals surface area contributed by atoms with Crippen LogP contribution in [-0.4, -0.2) is 33.7 Å². The zero-order chi connectivity index (χ0) is 14.4. The lowest BCUT2D eigenvalue weighted by Gasteiger charge is -2.04. The number of nitrogens with zero attached hydrogens (tertiary/aromatic N) is 2. The molecular weight excluding hydrogens is 256 g/mol. The Labute approximate surface area is 117 Å². The first kappa shape index (κ1) is 14.1. The van der Waals surface area contributed by atoms with E-state index in [1.807, 2.05) is 12.1 Å². The van der Waals surface area contributed by atoms with E-state index < -0.39 is 0 Å². The molecule has 0 bridgehead atoms. The summed E-state index contributed by atoms with van der Waals surface area (Å²) in [4.78, 5) is 15.9. The SMILES string of the molecule is NCCn1cnc(C(=O)NCCc2ccc(O)cc2)c1. The monoisotopic (exact) mass is 274 g/mol. The summed E-state index contributed by atoms with van der Waals surface area (Å²) in [5.41, 5.74) is 6.88. The minimum Gasteiger partial charge on any atom is -0.508 e. The lowest BCUT2D eigenvalue weighted by Crippen LogP contribution is -2.26. The van der Waals surface area contributed by atoms with Crippen LogP contribution in [0.25, 0.3) is 0 Å². The number of phenolic OH excluding ortho intramolecular Hbond substituents is 1. The van der Waals surface area contributed by atoms with Crippen molar-refractivity contribution in [1.29, 1.82) is 0 Å². The number of hydrogen-bond acceptors (Lipinski definition) is 4. The minimum absolute atomic E-state index is 0.195. The third-order valence-corrected chi connectivity index (χ3v) is 2.89. The van der Waals surface area contributed by atoms with Gasteiger partial charge < -0.3 is 20.7 Å². The van der Waals surface area contributed by atoms with Crippen molar-refractivity contribution >= 4 is 5.91 Å². The van der Waals surface area contributed by atoms with Crippen molar-refractivity contribution in [2.75, 3.05) is 13.1 Å². The Balaban J connectivity index is 1.81. The first-order chi connectivity index (χ1) is 9.69. The zero-order valence-electron chi connectivity index (χ0n) is 11.1. The molecule has 0 atom stereocenters. The number of phenols is 1. The third kappa shape index (κ3) is 3.83. The van der Waals surface area contributed by atoms with Crippen molar-refractivity contribution in [3.63, 3.8) is 0 Å². The van der Waals surface area contributed by atoms with E-state index in [0.717, 1.165) is 5.56 Å². The van der Waals surface area contributed by atoms with Crippen molar-refractivity contribution in [2.45, 2.75) is 13.0 Å². The molecular formula is C14H18N4O2.